The zero-order valence-electron chi connectivity index (χ0n) is 16.3. The molecule has 148 valence electrons. The zero-order valence-corrected chi connectivity index (χ0v) is 16.3. The van der Waals surface area contributed by atoms with Crippen LogP contribution < -0.4 is 10.5 Å². The second-order valence-electron chi connectivity index (χ2n) is 6.98. The number of aromatic nitrogens is 5. The predicted octanol–water partition coefficient (Wildman–Crippen LogP) is 1.88. The fraction of sp³-hybridized carbons (Fsp3) is 0.381. The lowest BCUT2D eigenvalue weighted by molar-refractivity contribution is 0.0965. The highest BCUT2D eigenvalue weighted by Gasteiger charge is 2.22. The molecule has 0 bridgehead atoms. The number of imidazole rings is 1. The van der Waals surface area contributed by atoms with Crippen molar-refractivity contribution in [1.82, 2.24) is 24.3 Å². The van der Waals surface area contributed by atoms with Crippen molar-refractivity contribution in [3.8, 4) is 11.8 Å². The van der Waals surface area contributed by atoms with Crippen LogP contribution in [0.15, 0.2) is 35.5 Å². The molecule has 8 heteroatoms. The van der Waals surface area contributed by atoms with E-state index in [9.17, 15) is 9.59 Å². The molecule has 0 radical (unpaired) electrons. The summed E-state index contributed by atoms with van der Waals surface area (Å²) < 4.78 is 3.04. The molecule has 0 unspecified atom stereocenters. The van der Waals surface area contributed by atoms with Gasteiger partial charge in [0.25, 0.3) is 5.56 Å². The van der Waals surface area contributed by atoms with Gasteiger partial charge in [0, 0.05) is 31.0 Å². The summed E-state index contributed by atoms with van der Waals surface area (Å²) in [7, 11) is 0. The first-order valence-corrected chi connectivity index (χ1v) is 9.73. The molecule has 3 aromatic heterocycles. The van der Waals surface area contributed by atoms with Gasteiger partial charge in [0.15, 0.2) is 5.78 Å². The van der Waals surface area contributed by atoms with E-state index in [0.29, 0.717) is 23.1 Å². The van der Waals surface area contributed by atoms with Crippen LogP contribution in [0.1, 0.15) is 36.5 Å². The first-order valence-electron chi connectivity index (χ1n) is 9.73. The van der Waals surface area contributed by atoms with E-state index in [0.717, 1.165) is 31.9 Å². The Balaban J connectivity index is 1.76. The molecule has 4 heterocycles. The van der Waals surface area contributed by atoms with Gasteiger partial charge < -0.3 is 4.90 Å². The lowest BCUT2D eigenvalue weighted by Gasteiger charge is -2.27. The van der Waals surface area contributed by atoms with Crippen molar-refractivity contribution in [3.05, 3.63) is 46.6 Å². The molecule has 1 aliphatic rings. The number of rotatable bonds is 5. The number of anilines is 1. The molecule has 0 aliphatic carbocycles. The van der Waals surface area contributed by atoms with Crippen LogP contribution in [0.5, 0.6) is 0 Å². The van der Waals surface area contributed by atoms with Crippen molar-refractivity contribution in [1.29, 1.82) is 0 Å². The molecular weight excluding hydrogens is 368 g/mol. The Hall–Kier alpha value is -3.47. The SMILES string of the molecule is CC#CCn1c(N2CCCCC2)nc2cnn(CC(=O)c3cccnc3)c(=O)c21. The quantitative estimate of drug-likeness (QED) is 0.488. The summed E-state index contributed by atoms with van der Waals surface area (Å²) in [4.78, 5) is 36.5. The largest absolute Gasteiger partial charge is 0.342 e. The summed E-state index contributed by atoms with van der Waals surface area (Å²) in [6, 6.07) is 3.37. The van der Waals surface area contributed by atoms with Gasteiger partial charge in [0.1, 0.15) is 17.6 Å². The Morgan fingerprint density at radius 2 is 2.03 bits per heavy atom. The summed E-state index contributed by atoms with van der Waals surface area (Å²) in [6.07, 6.45) is 8.05. The van der Waals surface area contributed by atoms with Gasteiger partial charge in [0.05, 0.1) is 12.7 Å². The first kappa shape index (κ1) is 18.9. The molecule has 3 aromatic rings. The second kappa shape index (κ2) is 8.27. The summed E-state index contributed by atoms with van der Waals surface area (Å²) in [5.74, 6) is 6.45. The smallest absolute Gasteiger partial charge is 0.293 e. The van der Waals surface area contributed by atoms with Crippen LogP contribution in [-0.4, -0.2) is 43.2 Å². The van der Waals surface area contributed by atoms with E-state index >= 15 is 0 Å². The van der Waals surface area contributed by atoms with Gasteiger partial charge in [-0.3, -0.25) is 19.1 Å². The van der Waals surface area contributed by atoms with E-state index in [2.05, 4.69) is 31.8 Å². The fourth-order valence-electron chi connectivity index (χ4n) is 3.58. The van der Waals surface area contributed by atoms with Crippen molar-refractivity contribution >= 4 is 22.8 Å². The van der Waals surface area contributed by atoms with E-state index in [1.165, 1.54) is 17.3 Å². The minimum atomic E-state index is -0.339. The molecule has 0 N–H and O–H groups in total. The maximum Gasteiger partial charge on any atom is 0.293 e. The molecule has 1 aliphatic heterocycles. The van der Waals surface area contributed by atoms with Crippen LogP contribution in [-0.2, 0) is 13.1 Å². The average molecular weight is 390 g/mol. The molecule has 0 atom stereocenters. The molecule has 0 spiro atoms. The minimum Gasteiger partial charge on any atom is -0.342 e. The maximum absolute atomic E-state index is 13.2. The summed E-state index contributed by atoms with van der Waals surface area (Å²) in [6.45, 7) is 3.80. The first-order chi connectivity index (χ1) is 14.2. The molecule has 0 saturated carbocycles. The molecule has 1 saturated heterocycles. The fourth-order valence-corrected chi connectivity index (χ4v) is 3.58. The van der Waals surface area contributed by atoms with Crippen LogP contribution in [0, 0.1) is 11.8 Å². The number of carbonyl (C=O) groups excluding carboxylic acids is 1. The number of hydrogen-bond acceptors (Lipinski definition) is 6. The number of Topliss-reactive ketones (excluding diaryl/α,β-unsaturated/α-hetero) is 1. The Morgan fingerprint density at radius 3 is 2.76 bits per heavy atom. The van der Waals surface area contributed by atoms with Gasteiger partial charge >= 0.3 is 0 Å². The van der Waals surface area contributed by atoms with Gasteiger partial charge in [-0.25, -0.2) is 9.67 Å². The number of hydrogen-bond donors (Lipinski definition) is 0. The highest BCUT2D eigenvalue weighted by Crippen LogP contribution is 2.23. The highest BCUT2D eigenvalue weighted by molar-refractivity contribution is 5.95. The number of fused-ring (bicyclic) bond motifs is 1. The highest BCUT2D eigenvalue weighted by atomic mass is 16.1. The van der Waals surface area contributed by atoms with Gasteiger partial charge in [-0.1, -0.05) is 5.92 Å². The third kappa shape index (κ3) is 3.76. The van der Waals surface area contributed by atoms with Gasteiger partial charge in [-0.15, -0.1) is 5.92 Å². The van der Waals surface area contributed by atoms with Crippen LogP contribution in [0.2, 0.25) is 0 Å². The van der Waals surface area contributed by atoms with Crippen molar-refractivity contribution < 1.29 is 4.79 Å². The Bertz CT molecular complexity index is 1150. The number of piperidine rings is 1. The van der Waals surface area contributed by atoms with E-state index in [1.807, 2.05) is 4.57 Å². The molecule has 1 fully saturated rings. The summed E-state index contributed by atoms with van der Waals surface area (Å²) in [5.41, 5.74) is 1.06. The van der Waals surface area contributed by atoms with E-state index in [1.54, 1.807) is 31.5 Å². The average Bonchev–Trinajstić information content (AvgIpc) is 3.14. The molecule has 29 heavy (non-hydrogen) atoms. The normalized spacial score (nSPS) is 13.9. The van der Waals surface area contributed by atoms with E-state index in [-0.39, 0.29) is 17.9 Å². The van der Waals surface area contributed by atoms with Crippen molar-refractivity contribution in [2.75, 3.05) is 18.0 Å². The summed E-state index contributed by atoms with van der Waals surface area (Å²) in [5, 5.41) is 4.18. The molecular formula is C21H22N6O2. The number of pyridine rings is 1. The lowest BCUT2D eigenvalue weighted by atomic mass is 10.1. The van der Waals surface area contributed by atoms with Crippen molar-refractivity contribution in [2.45, 2.75) is 39.3 Å². The van der Waals surface area contributed by atoms with Crippen LogP contribution >= 0.6 is 0 Å². The number of nitrogens with zero attached hydrogens (tertiary/aromatic N) is 6. The van der Waals surface area contributed by atoms with Crippen LogP contribution in [0.25, 0.3) is 11.0 Å². The Kier molecular flexibility index (Phi) is 5.38. The van der Waals surface area contributed by atoms with Crippen LogP contribution in [0.4, 0.5) is 5.95 Å². The van der Waals surface area contributed by atoms with Crippen LogP contribution in [0.3, 0.4) is 0 Å². The second-order valence-corrected chi connectivity index (χ2v) is 6.98. The predicted molar refractivity (Wildman–Crippen MR) is 110 cm³/mol. The Morgan fingerprint density at radius 1 is 1.21 bits per heavy atom. The van der Waals surface area contributed by atoms with E-state index in [4.69, 9.17) is 0 Å². The zero-order chi connectivity index (χ0) is 20.2. The van der Waals surface area contributed by atoms with E-state index < -0.39 is 0 Å². The molecule has 0 amide bonds. The third-order valence-corrected chi connectivity index (χ3v) is 5.06. The molecule has 8 nitrogen and oxygen atoms in total. The van der Waals surface area contributed by atoms with Gasteiger partial charge in [-0.05, 0) is 38.3 Å². The topological polar surface area (TPSA) is 85.9 Å². The monoisotopic (exact) mass is 390 g/mol. The lowest BCUT2D eigenvalue weighted by Crippen LogP contribution is -2.32. The van der Waals surface area contributed by atoms with Crippen molar-refractivity contribution in [2.24, 2.45) is 0 Å². The van der Waals surface area contributed by atoms with Crippen molar-refractivity contribution in [3.63, 3.8) is 0 Å². The summed E-state index contributed by atoms with van der Waals surface area (Å²) >= 11 is 0. The van der Waals surface area contributed by atoms with Gasteiger partial charge in [0.2, 0.25) is 5.95 Å². The molecule has 0 aromatic carbocycles. The Labute approximate surface area is 168 Å². The third-order valence-electron chi connectivity index (χ3n) is 5.06. The number of ketones is 1. The minimum absolute atomic E-state index is 0.149. The number of carbonyl (C=O) groups is 1. The standard InChI is InChI=1S/C21H22N6O2/c1-2-3-12-26-19-17(24-21(26)25-10-5-4-6-11-25)14-23-27(20(19)29)15-18(28)16-8-7-9-22-13-16/h7-9,13-14H,4-6,10-12,15H2,1H3. The maximum atomic E-state index is 13.2. The molecule has 4 rings (SSSR count). The van der Waals surface area contributed by atoms with Gasteiger partial charge in [-0.2, -0.15) is 5.10 Å².